The van der Waals surface area contributed by atoms with Gasteiger partial charge in [0.05, 0.1) is 6.42 Å². The minimum atomic E-state index is -0.883. The van der Waals surface area contributed by atoms with Gasteiger partial charge in [0.1, 0.15) is 0 Å². The molecule has 0 saturated heterocycles. The second kappa shape index (κ2) is 8.87. The van der Waals surface area contributed by atoms with Crippen LogP contribution in [0.3, 0.4) is 0 Å². The minimum Gasteiger partial charge on any atom is -0.481 e. The zero-order valence-electron chi connectivity index (χ0n) is 11.3. The van der Waals surface area contributed by atoms with Crippen molar-refractivity contribution < 1.29 is 14.7 Å². The van der Waals surface area contributed by atoms with Crippen LogP contribution in [0.2, 0.25) is 5.02 Å². The second-order valence-corrected chi connectivity index (χ2v) is 5.77. The number of hydrogen-bond acceptors (Lipinski definition) is 3. The monoisotopic (exact) mass is 315 g/mol. The minimum absolute atomic E-state index is 0.00443. The topological polar surface area (TPSA) is 57.6 Å². The van der Waals surface area contributed by atoms with Gasteiger partial charge in [-0.3, -0.25) is 9.59 Å². The third-order valence-corrected chi connectivity index (χ3v) is 3.99. The highest BCUT2D eigenvalue weighted by Crippen LogP contribution is 2.21. The van der Waals surface area contributed by atoms with Gasteiger partial charge in [-0.05, 0) is 31.2 Å². The summed E-state index contributed by atoms with van der Waals surface area (Å²) >= 11 is 7.39. The molecule has 0 fully saturated rings. The van der Waals surface area contributed by atoms with Gasteiger partial charge in [0.2, 0.25) is 5.91 Å². The highest BCUT2D eigenvalue weighted by Gasteiger charge is 2.12. The molecule has 1 amide bonds. The lowest BCUT2D eigenvalue weighted by molar-refractivity contribution is -0.138. The van der Waals surface area contributed by atoms with Crippen molar-refractivity contribution in [2.45, 2.75) is 24.7 Å². The molecule has 0 radical (unpaired) electrons. The summed E-state index contributed by atoms with van der Waals surface area (Å²) in [4.78, 5) is 25.1. The zero-order chi connectivity index (χ0) is 15.0. The van der Waals surface area contributed by atoms with Crippen molar-refractivity contribution in [3.05, 3.63) is 29.3 Å². The lowest BCUT2D eigenvalue weighted by atomic mass is 10.3. The van der Waals surface area contributed by atoms with Crippen molar-refractivity contribution >= 4 is 35.2 Å². The van der Waals surface area contributed by atoms with Crippen molar-refractivity contribution in [2.75, 3.05) is 18.8 Å². The summed E-state index contributed by atoms with van der Waals surface area (Å²) < 4.78 is 0. The smallest absolute Gasteiger partial charge is 0.305 e. The van der Waals surface area contributed by atoms with Gasteiger partial charge in [-0.2, -0.15) is 0 Å². The maximum atomic E-state index is 11.9. The van der Waals surface area contributed by atoms with Crippen LogP contribution in [0.15, 0.2) is 29.2 Å². The Morgan fingerprint density at radius 1 is 1.25 bits per heavy atom. The molecule has 20 heavy (non-hydrogen) atoms. The van der Waals surface area contributed by atoms with Gasteiger partial charge in [0, 0.05) is 35.2 Å². The molecule has 0 aliphatic rings. The number of nitrogens with zero attached hydrogens (tertiary/aromatic N) is 1. The van der Waals surface area contributed by atoms with Crippen molar-refractivity contribution in [1.29, 1.82) is 0 Å². The summed E-state index contributed by atoms with van der Waals surface area (Å²) in [6.45, 7) is 2.67. The Morgan fingerprint density at radius 3 is 2.45 bits per heavy atom. The molecule has 0 unspecified atom stereocenters. The number of carbonyl (C=O) groups excluding carboxylic acids is 1. The number of thioether (sulfide) groups is 1. The van der Waals surface area contributed by atoms with Crippen molar-refractivity contribution in [3.8, 4) is 0 Å². The van der Waals surface area contributed by atoms with Gasteiger partial charge in [-0.25, -0.2) is 0 Å². The summed E-state index contributed by atoms with van der Waals surface area (Å²) in [5, 5.41) is 9.32. The third kappa shape index (κ3) is 6.30. The first-order valence-electron chi connectivity index (χ1n) is 6.41. The highest BCUT2D eigenvalue weighted by atomic mass is 35.5. The number of amides is 1. The Balaban J connectivity index is 2.33. The fraction of sp³-hybridized carbons (Fsp3) is 0.429. The number of benzene rings is 1. The Labute approximate surface area is 128 Å². The maximum absolute atomic E-state index is 11.9. The molecule has 0 heterocycles. The number of rotatable bonds is 8. The van der Waals surface area contributed by atoms with E-state index in [1.165, 1.54) is 0 Å². The van der Waals surface area contributed by atoms with E-state index in [9.17, 15) is 9.59 Å². The van der Waals surface area contributed by atoms with Crippen LogP contribution in [0.25, 0.3) is 0 Å². The standard InChI is InChI=1S/C14H18ClNO3S/c1-2-16(9-7-14(18)19)13(17)8-10-20-12-5-3-11(15)4-6-12/h3-6H,2,7-10H2,1H3,(H,18,19). The normalized spacial score (nSPS) is 10.3. The molecule has 0 atom stereocenters. The summed E-state index contributed by atoms with van der Waals surface area (Å²) in [6, 6.07) is 7.47. The molecular weight excluding hydrogens is 298 g/mol. The zero-order valence-corrected chi connectivity index (χ0v) is 12.9. The molecule has 1 rings (SSSR count). The van der Waals surface area contributed by atoms with Crippen molar-refractivity contribution in [2.24, 2.45) is 0 Å². The molecular formula is C14H18ClNO3S. The van der Waals surface area contributed by atoms with Crippen molar-refractivity contribution in [1.82, 2.24) is 4.90 Å². The molecule has 1 N–H and O–H groups in total. The van der Waals surface area contributed by atoms with Crippen LogP contribution < -0.4 is 0 Å². The first-order chi connectivity index (χ1) is 9.52. The van der Waals surface area contributed by atoms with E-state index in [0.717, 1.165) is 4.90 Å². The molecule has 0 bridgehead atoms. The van der Waals surface area contributed by atoms with E-state index in [-0.39, 0.29) is 18.9 Å². The molecule has 0 aliphatic carbocycles. The highest BCUT2D eigenvalue weighted by molar-refractivity contribution is 7.99. The van der Waals surface area contributed by atoms with E-state index < -0.39 is 5.97 Å². The van der Waals surface area contributed by atoms with Gasteiger partial charge >= 0.3 is 5.97 Å². The van der Waals surface area contributed by atoms with Crippen LogP contribution in [0, 0.1) is 0 Å². The quantitative estimate of drug-likeness (QED) is 0.749. The van der Waals surface area contributed by atoms with Crippen LogP contribution >= 0.6 is 23.4 Å². The molecule has 6 heteroatoms. The Hall–Kier alpha value is -1.20. The first-order valence-corrected chi connectivity index (χ1v) is 7.77. The van der Waals surface area contributed by atoms with E-state index in [2.05, 4.69) is 0 Å². The number of aliphatic carboxylic acids is 1. The van der Waals surface area contributed by atoms with Crippen LogP contribution in [0.5, 0.6) is 0 Å². The van der Waals surface area contributed by atoms with Crippen LogP contribution in [0.1, 0.15) is 19.8 Å². The van der Waals surface area contributed by atoms with Gasteiger partial charge < -0.3 is 10.0 Å². The predicted molar refractivity (Wildman–Crippen MR) is 81.3 cm³/mol. The van der Waals surface area contributed by atoms with Crippen molar-refractivity contribution in [3.63, 3.8) is 0 Å². The average molecular weight is 316 g/mol. The van der Waals surface area contributed by atoms with Gasteiger partial charge in [-0.15, -0.1) is 11.8 Å². The number of carboxylic acid groups (broad SMARTS) is 1. The van der Waals surface area contributed by atoms with E-state index in [1.807, 2.05) is 31.2 Å². The molecule has 1 aromatic rings. The van der Waals surface area contributed by atoms with E-state index in [1.54, 1.807) is 16.7 Å². The molecule has 0 spiro atoms. The molecule has 4 nitrogen and oxygen atoms in total. The maximum Gasteiger partial charge on any atom is 0.305 e. The van der Waals surface area contributed by atoms with Gasteiger partial charge in [0.15, 0.2) is 0 Å². The molecule has 0 saturated carbocycles. The Bertz CT molecular complexity index is 450. The molecule has 0 aliphatic heterocycles. The third-order valence-electron chi connectivity index (χ3n) is 2.73. The van der Waals surface area contributed by atoms with Crippen LogP contribution in [0.4, 0.5) is 0 Å². The lowest BCUT2D eigenvalue weighted by Gasteiger charge is -2.19. The van der Waals surface area contributed by atoms with Gasteiger partial charge in [-0.1, -0.05) is 11.6 Å². The molecule has 0 aromatic heterocycles. The van der Waals surface area contributed by atoms with E-state index in [0.29, 0.717) is 23.7 Å². The summed E-state index contributed by atoms with van der Waals surface area (Å²) in [5.74, 6) is -0.216. The fourth-order valence-corrected chi connectivity index (χ4v) is 2.60. The van der Waals surface area contributed by atoms with E-state index in [4.69, 9.17) is 16.7 Å². The summed E-state index contributed by atoms with van der Waals surface area (Å²) in [7, 11) is 0. The number of carboxylic acids is 1. The summed E-state index contributed by atoms with van der Waals surface area (Å²) in [5.41, 5.74) is 0. The largest absolute Gasteiger partial charge is 0.481 e. The average Bonchev–Trinajstić information content (AvgIpc) is 2.41. The lowest BCUT2D eigenvalue weighted by Crippen LogP contribution is -2.33. The number of hydrogen-bond donors (Lipinski definition) is 1. The fourth-order valence-electron chi connectivity index (χ4n) is 1.63. The van der Waals surface area contributed by atoms with Crippen LogP contribution in [-0.2, 0) is 9.59 Å². The second-order valence-electron chi connectivity index (χ2n) is 4.17. The number of carbonyl (C=O) groups is 2. The van der Waals surface area contributed by atoms with Gasteiger partial charge in [0.25, 0.3) is 0 Å². The Morgan fingerprint density at radius 2 is 1.90 bits per heavy atom. The molecule has 110 valence electrons. The SMILES string of the molecule is CCN(CCC(=O)O)C(=O)CCSc1ccc(Cl)cc1. The predicted octanol–water partition coefficient (Wildman–Crippen LogP) is 3.15. The van der Waals surface area contributed by atoms with Crippen LogP contribution in [-0.4, -0.2) is 40.7 Å². The summed E-state index contributed by atoms with van der Waals surface area (Å²) in [6.07, 6.45) is 0.394. The number of halogens is 1. The Kier molecular flexibility index (Phi) is 7.47. The first kappa shape index (κ1) is 16.9. The molecule has 1 aromatic carbocycles. The van der Waals surface area contributed by atoms with E-state index >= 15 is 0 Å².